The number of thiazole rings is 1. The van der Waals surface area contributed by atoms with Gasteiger partial charge in [-0.15, -0.1) is 23.1 Å². The number of benzene rings is 1. The summed E-state index contributed by atoms with van der Waals surface area (Å²) in [6.45, 7) is 4.65. The van der Waals surface area contributed by atoms with Crippen LogP contribution in [0.3, 0.4) is 0 Å². The average molecular weight is 402 g/mol. The van der Waals surface area contributed by atoms with Crippen LogP contribution in [0.1, 0.15) is 30.3 Å². The molecule has 2 atom stereocenters. The number of fused-ring (bicyclic) bond motifs is 1. The Bertz CT molecular complexity index is 864. The highest BCUT2D eigenvalue weighted by Crippen LogP contribution is 2.47. The molecule has 1 N–H and O–H groups in total. The molecule has 2 aliphatic heterocycles. The Labute approximate surface area is 167 Å². The lowest BCUT2D eigenvalue weighted by Crippen LogP contribution is -2.50. The lowest BCUT2D eigenvalue weighted by atomic mass is 10.1. The minimum absolute atomic E-state index is 0.0314. The molecule has 2 unspecified atom stereocenters. The summed E-state index contributed by atoms with van der Waals surface area (Å²) in [7, 11) is 0. The lowest BCUT2D eigenvalue weighted by Gasteiger charge is -2.29. The van der Waals surface area contributed by atoms with Crippen molar-refractivity contribution < 1.29 is 9.59 Å². The van der Waals surface area contributed by atoms with Gasteiger partial charge >= 0.3 is 0 Å². The van der Waals surface area contributed by atoms with E-state index >= 15 is 0 Å². The van der Waals surface area contributed by atoms with Gasteiger partial charge in [0.2, 0.25) is 11.8 Å². The summed E-state index contributed by atoms with van der Waals surface area (Å²) in [5, 5.41) is 6.15. The average Bonchev–Trinajstić information content (AvgIpc) is 3.31. The third-order valence-electron chi connectivity index (χ3n) is 5.33. The van der Waals surface area contributed by atoms with Crippen molar-refractivity contribution in [2.75, 3.05) is 12.3 Å². The first-order valence-corrected chi connectivity index (χ1v) is 11.1. The van der Waals surface area contributed by atoms with Gasteiger partial charge in [0.25, 0.3) is 0 Å². The van der Waals surface area contributed by atoms with E-state index in [1.54, 1.807) is 28.0 Å². The van der Waals surface area contributed by atoms with Crippen LogP contribution >= 0.6 is 23.1 Å². The molecule has 0 spiro atoms. The number of aromatic nitrogens is 1. The Morgan fingerprint density at radius 2 is 2.15 bits per heavy atom. The zero-order valence-corrected chi connectivity index (χ0v) is 17.2. The maximum absolute atomic E-state index is 12.6. The molecule has 27 heavy (non-hydrogen) atoms. The van der Waals surface area contributed by atoms with E-state index in [0.29, 0.717) is 18.7 Å². The smallest absolute Gasteiger partial charge is 0.243 e. The van der Waals surface area contributed by atoms with Crippen LogP contribution in [-0.2, 0) is 16.0 Å². The Morgan fingerprint density at radius 1 is 1.37 bits per heavy atom. The number of rotatable bonds is 5. The minimum atomic E-state index is -0.328. The van der Waals surface area contributed by atoms with E-state index in [-0.39, 0.29) is 22.7 Å². The number of nitrogens with one attached hydrogen (secondary N) is 1. The van der Waals surface area contributed by atoms with Crippen molar-refractivity contribution in [3.63, 3.8) is 0 Å². The summed E-state index contributed by atoms with van der Waals surface area (Å²) in [6.07, 6.45) is 2.16. The van der Waals surface area contributed by atoms with Gasteiger partial charge in [-0.2, -0.15) is 0 Å². The Morgan fingerprint density at radius 3 is 2.85 bits per heavy atom. The number of carbonyl (C=O) groups is 2. The summed E-state index contributed by atoms with van der Waals surface area (Å²) >= 11 is 3.38. The molecule has 4 rings (SSSR count). The maximum Gasteiger partial charge on any atom is 0.243 e. The van der Waals surface area contributed by atoms with Crippen LogP contribution in [0.4, 0.5) is 0 Å². The van der Waals surface area contributed by atoms with Crippen LogP contribution in [0.15, 0.2) is 29.6 Å². The van der Waals surface area contributed by atoms with Crippen molar-refractivity contribution in [2.24, 2.45) is 0 Å². The standard InChI is InChI=1S/C20H23N3O2S2/c1-13-22-16(11-26-13)15-5-3-14(4-6-15)8-10-21-19(25)17-12-27-20(2)9-7-18(24)23(17)20/h3-6,11,17H,7-10,12H2,1-2H3,(H,21,25). The predicted octanol–water partition coefficient (Wildman–Crippen LogP) is 3.23. The normalized spacial score (nSPS) is 24.3. The molecule has 7 heteroatoms. The molecule has 0 radical (unpaired) electrons. The molecule has 2 saturated heterocycles. The van der Waals surface area contributed by atoms with Gasteiger partial charge in [-0.25, -0.2) is 4.98 Å². The van der Waals surface area contributed by atoms with Crippen LogP contribution in [0.2, 0.25) is 0 Å². The third kappa shape index (κ3) is 3.62. The van der Waals surface area contributed by atoms with Crippen molar-refractivity contribution >= 4 is 34.9 Å². The number of hydrogen-bond donors (Lipinski definition) is 1. The van der Waals surface area contributed by atoms with Crippen molar-refractivity contribution in [3.05, 3.63) is 40.2 Å². The molecular formula is C20H23N3O2S2. The first kappa shape index (κ1) is 18.5. The van der Waals surface area contributed by atoms with Crippen LogP contribution in [0.5, 0.6) is 0 Å². The van der Waals surface area contributed by atoms with E-state index in [1.165, 1.54) is 5.56 Å². The Balaban J connectivity index is 1.31. The van der Waals surface area contributed by atoms with Gasteiger partial charge in [-0.05, 0) is 32.3 Å². The molecule has 2 fully saturated rings. The fourth-order valence-corrected chi connectivity index (χ4v) is 5.85. The molecule has 1 aromatic carbocycles. The topological polar surface area (TPSA) is 62.3 Å². The second-order valence-electron chi connectivity index (χ2n) is 7.26. The molecule has 0 bridgehead atoms. The van der Waals surface area contributed by atoms with Crippen LogP contribution in [0.25, 0.3) is 11.3 Å². The summed E-state index contributed by atoms with van der Waals surface area (Å²) in [5.74, 6) is 0.766. The second-order valence-corrected chi connectivity index (χ2v) is 9.82. The summed E-state index contributed by atoms with van der Waals surface area (Å²) < 4.78 is 0. The first-order chi connectivity index (χ1) is 13.0. The van der Waals surface area contributed by atoms with Gasteiger partial charge in [-0.3, -0.25) is 9.59 Å². The lowest BCUT2D eigenvalue weighted by molar-refractivity contribution is -0.137. The number of thioether (sulfide) groups is 1. The van der Waals surface area contributed by atoms with E-state index in [9.17, 15) is 9.59 Å². The molecule has 0 saturated carbocycles. The highest BCUT2D eigenvalue weighted by atomic mass is 32.2. The number of carbonyl (C=O) groups excluding carboxylic acids is 2. The van der Waals surface area contributed by atoms with Gasteiger partial charge < -0.3 is 10.2 Å². The molecule has 2 aromatic rings. The Hall–Kier alpha value is -1.86. The number of aryl methyl sites for hydroxylation is 1. The predicted molar refractivity (Wildman–Crippen MR) is 110 cm³/mol. The molecular weight excluding hydrogens is 378 g/mol. The largest absolute Gasteiger partial charge is 0.354 e. The molecule has 1 aromatic heterocycles. The van der Waals surface area contributed by atoms with Gasteiger partial charge in [0.05, 0.1) is 15.6 Å². The highest BCUT2D eigenvalue weighted by molar-refractivity contribution is 8.01. The Kier molecular flexibility index (Phi) is 4.99. The van der Waals surface area contributed by atoms with E-state index in [0.717, 1.165) is 29.1 Å². The zero-order chi connectivity index (χ0) is 19.0. The third-order valence-corrected chi connectivity index (χ3v) is 7.61. The fraction of sp³-hybridized carbons (Fsp3) is 0.450. The van der Waals surface area contributed by atoms with Crippen molar-refractivity contribution in [3.8, 4) is 11.3 Å². The number of nitrogens with zero attached hydrogens (tertiary/aromatic N) is 2. The quantitative estimate of drug-likeness (QED) is 0.836. The summed E-state index contributed by atoms with van der Waals surface area (Å²) in [4.78, 5) is 30.8. The van der Waals surface area contributed by atoms with E-state index in [4.69, 9.17) is 0 Å². The molecule has 142 valence electrons. The molecule has 3 heterocycles. The van der Waals surface area contributed by atoms with E-state index in [1.807, 2.05) is 6.92 Å². The van der Waals surface area contributed by atoms with Gasteiger partial charge in [-0.1, -0.05) is 24.3 Å². The maximum atomic E-state index is 12.6. The highest BCUT2D eigenvalue weighted by Gasteiger charge is 2.52. The fourth-order valence-electron chi connectivity index (χ4n) is 3.80. The van der Waals surface area contributed by atoms with E-state index < -0.39 is 0 Å². The van der Waals surface area contributed by atoms with Gasteiger partial charge in [0.1, 0.15) is 6.04 Å². The minimum Gasteiger partial charge on any atom is -0.354 e. The van der Waals surface area contributed by atoms with Crippen molar-refractivity contribution in [1.82, 2.24) is 15.2 Å². The van der Waals surface area contributed by atoms with Crippen LogP contribution in [0, 0.1) is 6.92 Å². The summed E-state index contributed by atoms with van der Waals surface area (Å²) in [5.41, 5.74) is 3.30. The van der Waals surface area contributed by atoms with Gasteiger partial charge in [0.15, 0.2) is 0 Å². The zero-order valence-electron chi connectivity index (χ0n) is 15.5. The molecule has 0 aliphatic carbocycles. The molecule has 5 nitrogen and oxygen atoms in total. The monoisotopic (exact) mass is 401 g/mol. The molecule has 2 amide bonds. The second kappa shape index (κ2) is 7.28. The van der Waals surface area contributed by atoms with Gasteiger partial charge in [0, 0.05) is 29.7 Å². The summed E-state index contributed by atoms with van der Waals surface area (Å²) in [6, 6.07) is 8.00. The van der Waals surface area contributed by atoms with Crippen LogP contribution < -0.4 is 5.32 Å². The van der Waals surface area contributed by atoms with Crippen molar-refractivity contribution in [2.45, 2.75) is 44.0 Å². The number of amides is 2. The van der Waals surface area contributed by atoms with Crippen molar-refractivity contribution in [1.29, 1.82) is 0 Å². The number of hydrogen-bond acceptors (Lipinski definition) is 5. The van der Waals surface area contributed by atoms with E-state index in [2.05, 4.69) is 46.9 Å². The first-order valence-electron chi connectivity index (χ1n) is 9.21. The molecule has 2 aliphatic rings. The van der Waals surface area contributed by atoms with Crippen LogP contribution in [-0.4, -0.2) is 44.9 Å². The SMILES string of the molecule is Cc1nc(-c2ccc(CCNC(=O)C3CSC4(C)CCC(=O)N34)cc2)cs1.